The van der Waals surface area contributed by atoms with Crippen molar-refractivity contribution in [1.82, 2.24) is 14.6 Å². The molecule has 0 aliphatic rings. The molecule has 0 aliphatic carbocycles. The van der Waals surface area contributed by atoms with E-state index in [1.54, 1.807) is 12.1 Å². The highest BCUT2D eigenvalue weighted by molar-refractivity contribution is 7.16. The van der Waals surface area contributed by atoms with Crippen molar-refractivity contribution >= 4 is 27.7 Å². The summed E-state index contributed by atoms with van der Waals surface area (Å²) in [4.78, 5) is 27.9. The molecule has 0 radical (unpaired) electrons. The van der Waals surface area contributed by atoms with E-state index in [0.29, 0.717) is 34.9 Å². The minimum atomic E-state index is -0.385. The lowest BCUT2D eigenvalue weighted by atomic mass is 10.1. The Morgan fingerprint density at radius 3 is 2.76 bits per heavy atom. The van der Waals surface area contributed by atoms with Crippen molar-refractivity contribution in [3.8, 4) is 0 Å². The third kappa shape index (κ3) is 3.50. The van der Waals surface area contributed by atoms with Gasteiger partial charge >= 0.3 is 0 Å². The van der Waals surface area contributed by atoms with Crippen molar-refractivity contribution in [1.29, 1.82) is 0 Å². The molecule has 0 amide bonds. The lowest BCUT2D eigenvalue weighted by Crippen LogP contribution is -2.16. The van der Waals surface area contributed by atoms with Crippen LogP contribution in [0.3, 0.4) is 0 Å². The van der Waals surface area contributed by atoms with Crippen LogP contribution in [0, 0.1) is 10.1 Å². The van der Waals surface area contributed by atoms with Gasteiger partial charge < -0.3 is 5.32 Å². The standard InChI is InChI=1S/C16H17N5O3S/c1-3-10-5-6-11(7-13(10)21(23)24)17-9-12-8-15(22)20-16(18-12)25-14(4-2)19-20/h5-8,17H,3-4,9H2,1-2H3. The van der Waals surface area contributed by atoms with Crippen molar-refractivity contribution in [2.75, 3.05) is 5.32 Å². The minimum Gasteiger partial charge on any atom is -0.379 e. The van der Waals surface area contributed by atoms with E-state index in [2.05, 4.69) is 15.4 Å². The summed E-state index contributed by atoms with van der Waals surface area (Å²) in [7, 11) is 0. The largest absolute Gasteiger partial charge is 0.379 e. The van der Waals surface area contributed by atoms with Crippen molar-refractivity contribution in [2.45, 2.75) is 33.2 Å². The molecule has 25 heavy (non-hydrogen) atoms. The molecule has 130 valence electrons. The molecule has 2 heterocycles. The second-order valence-corrected chi connectivity index (χ2v) is 6.48. The maximum atomic E-state index is 12.1. The molecule has 0 aliphatic heterocycles. The van der Waals surface area contributed by atoms with E-state index in [1.807, 2.05) is 13.8 Å². The van der Waals surface area contributed by atoms with Crippen LogP contribution < -0.4 is 10.9 Å². The molecule has 3 rings (SSSR count). The van der Waals surface area contributed by atoms with Gasteiger partial charge in [-0.15, -0.1) is 0 Å². The van der Waals surface area contributed by atoms with Gasteiger partial charge in [0.15, 0.2) is 0 Å². The third-order valence-electron chi connectivity index (χ3n) is 3.78. The van der Waals surface area contributed by atoms with Gasteiger partial charge in [-0.05, 0) is 18.9 Å². The Labute approximate surface area is 147 Å². The smallest absolute Gasteiger partial charge is 0.275 e. The summed E-state index contributed by atoms with van der Waals surface area (Å²) < 4.78 is 1.30. The van der Waals surface area contributed by atoms with Gasteiger partial charge in [-0.25, -0.2) is 4.98 Å². The van der Waals surface area contributed by atoms with Gasteiger partial charge in [0.05, 0.1) is 17.2 Å². The normalized spacial score (nSPS) is 11.0. The highest BCUT2D eigenvalue weighted by atomic mass is 32.1. The summed E-state index contributed by atoms with van der Waals surface area (Å²) in [6.45, 7) is 4.15. The van der Waals surface area contributed by atoms with Gasteiger partial charge in [0, 0.05) is 23.4 Å². The summed E-state index contributed by atoms with van der Waals surface area (Å²) in [5.41, 5.74) is 1.73. The zero-order valence-electron chi connectivity index (χ0n) is 13.9. The molecule has 1 aromatic carbocycles. The fourth-order valence-corrected chi connectivity index (χ4v) is 3.32. The molecule has 0 spiro atoms. The molecule has 0 unspecified atom stereocenters. The Morgan fingerprint density at radius 1 is 1.28 bits per heavy atom. The number of fused-ring (bicyclic) bond motifs is 1. The molecular formula is C16H17N5O3S. The number of nitro benzene ring substituents is 1. The lowest BCUT2D eigenvalue weighted by Gasteiger charge is -2.07. The van der Waals surface area contributed by atoms with Gasteiger partial charge in [0.2, 0.25) is 4.96 Å². The molecule has 8 nitrogen and oxygen atoms in total. The van der Waals surface area contributed by atoms with E-state index in [1.165, 1.54) is 28.0 Å². The molecular weight excluding hydrogens is 342 g/mol. The van der Waals surface area contributed by atoms with Crippen LogP contribution in [-0.4, -0.2) is 19.5 Å². The quantitative estimate of drug-likeness (QED) is 0.536. The summed E-state index contributed by atoms with van der Waals surface area (Å²) in [5.74, 6) is 0. The molecule has 0 fully saturated rings. The maximum absolute atomic E-state index is 12.1. The number of nitrogens with zero attached hydrogens (tertiary/aromatic N) is 4. The molecule has 0 saturated heterocycles. The fourth-order valence-electron chi connectivity index (χ4n) is 2.46. The van der Waals surface area contributed by atoms with E-state index in [4.69, 9.17) is 0 Å². The first kappa shape index (κ1) is 17.0. The average molecular weight is 359 g/mol. The lowest BCUT2D eigenvalue weighted by molar-refractivity contribution is -0.385. The van der Waals surface area contributed by atoms with Gasteiger partial charge in [-0.1, -0.05) is 31.3 Å². The number of anilines is 1. The summed E-state index contributed by atoms with van der Waals surface area (Å²) in [6.07, 6.45) is 1.34. The van der Waals surface area contributed by atoms with Gasteiger partial charge in [0.1, 0.15) is 5.01 Å². The van der Waals surface area contributed by atoms with Gasteiger partial charge in [-0.2, -0.15) is 9.61 Å². The Bertz CT molecular complexity index is 995. The Balaban J connectivity index is 1.84. The van der Waals surface area contributed by atoms with Crippen molar-refractivity contribution in [2.24, 2.45) is 0 Å². The highest BCUT2D eigenvalue weighted by Crippen LogP contribution is 2.24. The van der Waals surface area contributed by atoms with Crippen LogP contribution in [0.1, 0.15) is 30.1 Å². The molecule has 3 aromatic rings. The predicted molar refractivity (Wildman–Crippen MR) is 96.3 cm³/mol. The Morgan fingerprint density at radius 2 is 2.08 bits per heavy atom. The van der Waals surface area contributed by atoms with Crippen LogP contribution in [0.15, 0.2) is 29.1 Å². The number of aromatic nitrogens is 3. The van der Waals surface area contributed by atoms with E-state index >= 15 is 0 Å². The first-order chi connectivity index (χ1) is 12.0. The molecule has 2 aromatic heterocycles. The van der Waals surface area contributed by atoms with Crippen molar-refractivity contribution in [3.05, 3.63) is 61.0 Å². The molecule has 1 N–H and O–H groups in total. The maximum Gasteiger partial charge on any atom is 0.275 e. The number of rotatable bonds is 6. The second kappa shape index (κ2) is 6.98. The molecule has 0 bridgehead atoms. The number of nitro groups is 1. The Kier molecular flexibility index (Phi) is 4.75. The molecule has 9 heteroatoms. The zero-order valence-corrected chi connectivity index (χ0v) is 14.7. The number of aryl methyl sites for hydroxylation is 2. The summed E-state index contributed by atoms with van der Waals surface area (Å²) in [6, 6.07) is 6.46. The van der Waals surface area contributed by atoms with E-state index in [-0.39, 0.29) is 16.2 Å². The number of benzene rings is 1. The van der Waals surface area contributed by atoms with Crippen LogP contribution in [0.2, 0.25) is 0 Å². The van der Waals surface area contributed by atoms with E-state index in [0.717, 1.165) is 11.4 Å². The van der Waals surface area contributed by atoms with Crippen LogP contribution in [0.4, 0.5) is 11.4 Å². The highest BCUT2D eigenvalue weighted by Gasteiger charge is 2.13. The summed E-state index contributed by atoms with van der Waals surface area (Å²) in [5, 5.41) is 19.3. The van der Waals surface area contributed by atoms with E-state index in [9.17, 15) is 14.9 Å². The first-order valence-corrected chi connectivity index (χ1v) is 8.73. The van der Waals surface area contributed by atoms with Crippen LogP contribution in [0.25, 0.3) is 4.96 Å². The van der Waals surface area contributed by atoms with Crippen molar-refractivity contribution < 1.29 is 4.92 Å². The van der Waals surface area contributed by atoms with Crippen LogP contribution in [0.5, 0.6) is 0 Å². The number of hydrogen-bond donors (Lipinski definition) is 1. The summed E-state index contributed by atoms with van der Waals surface area (Å²) >= 11 is 1.38. The SMILES string of the molecule is CCc1nn2c(=O)cc(CNc3ccc(CC)c([N+](=O)[O-])c3)nc2s1. The average Bonchev–Trinajstić information content (AvgIpc) is 3.03. The molecule has 0 saturated carbocycles. The van der Waals surface area contributed by atoms with Crippen LogP contribution in [-0.2, 0) is 19.4 Å². The fraction of sp³-hybridized carbons (Fsp3) is 0.312. The number of nitrogens with one attached hydrogen (secondary N) is 1. The van der Waals surface area contributed by atoms with Crippen molar-refractivity contribution in [3.63, 3.8) is 0 Å². The topological polar surface area (TPSA) is 102 Å². The van der Waals surface area contributed by atoms with Gasteiger partial charge in [-0.3, -0.25) is 14.9 Å². The monoisotopic (exact) mass is 359 g/mol. The first-order valence-electron chi connectivity index (χ1n) is 7.91. The minimum absolute atomic E-state index is 0.0889. The van der Waals surface area contributed by atoms with Gasteiger partial charge in [0.25, 0.3) is 11.2 Å². The number of hydrogen-bond acceptors (Lipinski definition) is 7. The second-order valence-electron chi connectivity index (χ2n) is 5.44. The molecule has 0 atom stereocenters. The Hall–Kier alpha value is -2.81. The van der Waals surface area contributed by atoms with Crippen LogP contribution >= 0.6 is 11.3 Å². The van der Waals surface area contributed by atoms with E-state index < -0.39 is 0 Å². The third-order valence-corrected chi connectivity index (χ3v) is 4.83. The predicted octanol–water partition coefficient (Wildman–Crippen LogP) is 2.80. The zero-order chi connectivity index (χ0) is 18.0.